The van der Waals surface area contributed by atoms with E-state index < -0.39 is 17.7 Å². The minimum atomic E-state index is -0.775. The van der Waals surface area contributed by atoms with E-state index in [1.54, 1.807) is 0 Å². The molecule has 12 heavy (non-hydrogen) atoms. The van der Waals surface area contributed by atoms with Crippen molar-refractivity contribution in [2.24, 2.45) is 0 Å². The van der Waals surface area contributed by atoms with E-state index in [-0.39, 0.29) is 13.0 Å². The maximum absolute atomic E-state index is 10.8. The Morgan fingerprint density at radius 2 is 1.92 bits per heavy atom. The second kappa shape index (κ2) is 3.17. The van der Waals surface area contributed by atoms with Crippen LogP contribution < -0.4 is 5.11 Å². The van der Waals surface area contributed by atoms with Gasteiger partial charge in [-0.1, -0.05) is 0 Å². The van der Waals surface area contributed by atoms with E-state index in [1.807, 2.05) is 0 Å². The van der Waals surface area contributed by atoms with Crippen LogP contribution in [-0.4, -0.2) is 29.2 Å². The van der Waals surface area contributed by atoms with Gasteiger partial charge in [-0.3, -0.25) is 14.5 Å². The molecule has 0 atom stereocenters. The molecule has 0 aromatic heterocycles. The van der Waals surface area contributed by atoms with Crippen LogP contribution in [0.5, 0.6) is 0 Å². The number of hydrogen-bond donors (Lipinski definition) is 1. The fourth-order valence-corrected chi connectivity index (χ4v) is 0.865. The summed E-state index contributed by atoms with van der Waals surface area (Å²) in [6, 6.07) is 0. The van der Waals surface area contributed by atoms with Gasteiger partial charge in [-0.05, 0) is 12.3 Å². The molecule has 0 aromatic carbocycles. The largest absolute Gasteiger partial charge is 0.862 e. The maximum Gasteiger partial charge on any atom is 0.253 e. The first-order valence-corrected chi connectivity index (χ1v) is 3.39. The third kappa shape index (κ3) is 1.69. The molecule has 0 spiro atoms. The lowest BCUT2D eigenvalue weighted by atomic mass is 10.4. The molecule has 1 aliphatic heterocycles. The summed E-state index contributed by atoms with van der Waals surface area (Å²) in [5, 5.41) is 16.8. The Hall–Kier alpha value is -1.65. The van der Waals surface area contributed by atoms with Gasteiger partial charge in [0.05, 0.1) is 0 Å². The van der Waals surface area contributed by atoms with Gasteiger partial charge >= 0.3 is 0 Å². The zero-order chi connectivity index (χ0) is 9.14. The van der Waals surface area contributed by atoms with E-state index >= 15 is 0 Å². The van der Waals surface area contributed by atoms with Crippen molar-refractivity contribution in [3.63, 3.8) is 0 Å². The van der Waals surface area contributed by atoms with E-state index in [1.165, 1.54) is 0 Å². The van der Waals surface area contributed by atoms with Crippen LogP contribution in [0.25, 0.3) is 0 Å². The number of amides is 2. The molecule has 64 valence electrons. The molecule has 2 amide bonds. The number of carbonyl (C=O) groups excluding carboxylic acids is 2. The molecule has 5 heteroatoms. The Morgan fingerprint density at radius 3 is 2.33 bits per heavy atom. The van der Waals surface area contributed by atoms with Crippen molar-refractivity contribution in [1.82, 2.24) is 4.90 Å². The Bertz CT molecular complexity index is 252. The normalized spacial score (nSPS) is 15.8. The number of nitrogens with one attached hydrogen (secondary N) is 1. The highest BCUT2D eigenvalue weighted by Gasteiger charge is 2.21. The maximum atomic E-state index is 10.8. The highest BCUT2D eigenvalue weighted by molar-refractivity contribution is 6.12. The number of nitrogens with zero attached hydrogens (tertiary/aromatic N) is 1. The summed E-state index contributed by atoms with van der Waals surface area (Å²) < 4.78 is 0. The van der Waals surface area contributed by atoms with Gasteiger partial charge in [0.25, 0.3) is 11.8 Å². The first kappa shape index (κ1) is 8.45. The van der Waals surface area contributed by atoms with E-state index in [9.17, 15) is 14.7 Å². The fourth-order valence-electron chi connectivity index (χ4n) is 0.865. The Kier molecular flexibility index (Phi) is 2.23. The van der Waals surface area contributed by atoms with E-state index in [0.717, 1.165) is 17.1 Å². The van der Waals surface area contributed by atoms with Crippen molar-refractivity contribution in [3.8, 4) is 0 Å². The quantitative estimate of drug-likeness (QED) is 0.320. The lowest BCUT2D eigenvalue weighted by Crippen LogP contribution is -2.33. The number of hydrogen-bond acceptors (Lipinski definition) is 4. The van der Waals surface area contributed by atoms with Gasteiger partial charge in [-0.15, -0.1) is 0 Å². The minimum Gasteiger partial charge on any atom is -0.862 e. The molecular formula is C7H7N2O3-. The number of carbonyl (C=O) groups is 2. The third-order valence-electron chi connectivity index (χ3n) is 1.46. The molecule has 1 N–H and O–H groups in total. The lowest BCUT2D eigenvalue weighted by molar-refractivity contribution is -0.220. The highest BCUT2D eigenvalue weighted by Crippen LogP contribution is 2.03. The van der Waals surface area contributed by atoms with Crippen molar-refractivity contribution in [1.29, 1.82) is 5.41 Å². The molecule has 5 nitrogen and oxygen atoms in total. The van der Waals surface area contributed by atoms with E-state index in [2.05, 4.69) is 0 Å². The van der Waals surface area contributed by atoms with Crippen LogP contribution in [0.4, 0.5) is 0 Å². The summed E-state index contributed by atoms with van der Waals surface area (Å²) in [4.78, 5) is 22.6. The summed E-state index contributed by atoms with van der Waals surface area (Å²) in [6.45, 7) is 0.00694. The first-order chi connectivity index (χ1) is 5.61. The molecule has 1 rings (SSSR count). The number of imide groups is 1. The topological polar surface area (TPSA) is 84.3 Å². The summed E-state index contributed by atoms with van der Waals surface area (Å²) in [5.74, 6) is -1.61. The fraction of sp³-hybridized carbons (Fsp3) is 0.286. The Morgan fingerprint density at radius 1 is 1.42 bits per heavy atom. The predicted octanol–water partition coefficient (Wildman–Crippen LogP) is -1.36. The van der Waals surface area contributed by atoms with Gasteiger partial charge in [0.2, 0.25) is 0 Å². The molecule has 0 radical (unpaired) electrons. The Balaban J connectivity index is 2.48. The second-order valence-electron chi connectivity index (χ2n) is 2.33. The summed E-state index contributed by atoms with van der Waals surface area (Å²) >= 11 is 0. The van der Waals surface area contributed by atoms with E-state index in [0.29, 0.717) is 0 Å². The molecule has 0 fully saturated rings. The smallest absolute Gasteiger partial charge is 0.253 e. The van der Waals surface area contributed by atoms with Gasteiger partial charge in [-0.2, -0.15) is 0 Å². The summed E-state index contributed by atoms with van der Waals surface area (Å²) in [7, 11) is 0. The van der Waals surface area contributed by atoms with Crippen molar-refractivity contribution >= 4 is 17.7 Å². The minimum absolute atomic E-state index is 0.00694. The molecule has 0 bridgehead atoms. The summed E-state index contributed by atoms with van der Waals surface area (Å²) in [5.41, 5.74) is 0. The van der Waals surface area contributed by atoms with Gasteiger partial charge in [-0.25, -0.2) is 0 Å². The van der Waals surface area contributed by atoms with Crippen LogP contribution in [0.15, 0.2) is 12.2 Å². The molecule has 0 saturated heterocycles. The zero-order valence-corrected chi connectivity index (χ0v) is 6.24. The molecular weight excluding hydrogens is 160 g/mol. The molecule has 0 aliphatic carbocycles. The van der Waals surface area contributed by atoms with Crippen molar-refractivity contribution in [2.75, 3.05) is 6.54 Å². The average Bonchev–Trinajstić information content (AvgIpc) is 2.28. The van der Waals surface area contributed by atoms with Crippen LogP contribution in [0, 0.1) is 5.41 Å². The second-order valence-corrected chi connectivity index (χ2v) is 2.33. The average molecular weight is 167 g/mol. The highest BCUT2D eigenvalue weighted by atomic mass is 16.3. The zero-order valence-electron chi connectivity index (χ0n) is 6.24. The van der Waals surface area contributed by atoms with Gasteiger partial charge < -0.3 is 10.5 Å². The Labute approximate surface area is 68.8 Å². The van der Waals surface area contributed by atoms with Crippen molar-refractivity contribution in [2.45, 2.75) is 6.42 Å². The van der Waals surface area contributed by atoms with Crippen molar-refractivity contribution < 1.29 is 14.7 Å². The first-order valence-electron chi connectivity index (χ1n) is 3.39. The van der Waals surface area contributed by atoms with Crippen LogP contribution in [0.1, 0.15) is 6.42 Å². The lowest BCUT2D eigenvalue weighted by Gasteiger charge is -2.14. The van der Waals surface area contributed by atoms with Crippen LogP contribution in [-0.2, 0) is 9.59 Å². The van der Waals surface area contributed by atoms with Gasteiger partial charge in [0, 0.05) is 18.7 Å². The number of rotatable bonds is 3. The van der Waals surface area contributed by atoms with Crippen LogP contribution in [0.3, 0.4) is 0 Å². The molecule has 1 heterocycles. The SMILES string of the molecule is N=C([O-])CCN1C(=O)C=CC1=O. The van der Waals surface area contributed by atoms with Gasteiger partial charge in [0.15, 0.2) is 0 Å². The van der Waals surface area contributed by atoms with Gasteiger partial charge in [0.1, 0.15) is 0 Å². The van der Waals surface area contributed by atoms with E-state index in [4.69, 9.17) is 5.41 Å². The molecule has 1 aliphatic rings. The molecule has 0 saturated carbocycles. The summed E-state index contributed by atoms with van der Waals surface area (Å²) in [6.07, 6.45) is 2.20. The van der Waals surface area contributed by atoms with Crippen LogP contribution >= 0.6 is 0 Å². The molecule has 0 unspecified atom stereocenters. The monoisotopic (exact) mass is 167 g/mol. The predicted molar refractivity (Wildman–Crippen MR) is 38.2 cm³/mol. The van der Waals surface area contributed by atoms with Crippen LogP contribution in [0.2, 0.25) is 0 Å². The van der Waals surface area contributed by atoms with Crippen molar-refractivity contribution in [3.05, 3.63) is 12.2 Å². The standard InChI is InChI=1S/C7H8N2O3/c8-5(10)3-4-9-6(11)1-2-7(9)12/h1-2H,3-4H2,(H2,8,10)/p-1. The molecule has 0 aromatic rings. The third-order valence-corrected chi connectivity index (χ3v) is 1.46.